The molecule has 0 spiro atoms. The molecule has 11 rings (SSSR count). The molecule has 5 aromatic rings. The van der Waals surface area contributed by atoms with Gasteiger partial charge < -0.3 is 29.6 Å². The van der Waals surface area contributed by atoms with Crippen molar-refractivity contribution in [2.45, 2.75) is 62.7 Å². The zero-order chi connectivity index (χ0) is 43.8. The Labute approximate surface area is 366 Å². The predicted octanol–water partition coefficient (Wildman–Crippen LogP) is 4.14. The zero-order valence-electron chi connectivity index (χ0n) is 35.0. The van der Waals surface area contributed by atoms with Gasteiger partial charge in [-0.15, -0.1) is 0 Å². The third-order valence-corrected chi connectivity index (χ3v) is 13.6. The Bertz CT molecular complexity index is 2730. The maximum atomic E-state index is 14.8. The Hall–Kier alpha value is -6.86. The largest absolute Gasteiger partial charge is 0.494 e. The number of rotatable bonds is 9. The molecule has 1 saturated carbocycles. The number of methoxy groups -OCH3 is 1. The van der Waals surface area contributed by atoms with Crippen LogP contribution in [0.1, 0.15) is 65.3 Å². The van der Waals surface area contributed by atoms with E-state index in [1.54, 1.807) is 30.3 Å². The number of anilines is 2. The molecule has 0 radical (unpaired) electrons. The lowest BCUT2D eigenvalue weighted by atomic mass is 9.89. The van der Waals surface area contributed by atoms with E-state index in [9.17, 15) is 23.6 Å². The highest BCUT2D eigenvalue weighted by molar-refractivity contribution is 6.25. The van der Waals surface area contributed by atoms with Crippen LogP contribution < -0.4 is 34.9 Å². The lowest BCUT2D eigenvalue weighted by Gasteiger charge is -2.50. The number of hydrogen-bond acceptors (Lipinski definition) is 15. The molecule has 1 atom stereocenters. The van der Waals surface area contributed by atoms with Crippen molar-refractivity contribution in [3.63, 3.8) is 0 Å². The summed E-state index contributed by atoms with van der Waals surface area (Å²) in [6.07, 6.45) is 5.54. The first-order valence-electron chi connectivity index (χ1n) is 21.7. The van der Waals surface area contributed by atoms with E-state index in [2.05, 4.69) is 30.0 Å². The van der Waals surface area contributed by atoms with Gasteiger partial charge in [0.15, 0.2) is 28.6 Å². The number of nitrogens with zero attached hydrogens (tertiary/aromatic N) is 8. The summed E-state index contributed by atoms with van der Waals surface area (Å²) in [6, 6.07) is 13.6. The van der Waals surface area contributed by atoms with Gasteiger partial charge in [0.1, 0.15) is 29.6 Å². The molecule has 1 unspecified atom stereocenters. The second kappa shape index (κ2) is 15.7. The molecular formula is C45H45FN10O8. The van der Waals surface area contributed by atoms with Crippen molar-refractivity contribution in [2.75, 3.05) is 63.8 Å². The topological polar surface area (TPSA) is 200 Å². The predicted molar refractivity (Wildman–Crippen MR) is 228 cm³/mol. The first-order valence-corrected chi connectivity index (χ1v) is 21.7. The molecule has 4 amide bonds. The van der Waals surface area contributed by atoms with Gasteiger partial charge in [0.05, 0.1) is 35.4 Å². The molecular weight excluding hydrogens is 828 g/mol. The fraction of sp³-hybridized carbons (Fsp3) is 0.400. The molecule has 18 nitrogen and oxygen atoms in total. The summed E-state index contributed by atoms with van der Waals surface area (Å²) in [5, 5.41) is 8.04. The highest BCUT2D eigenvalue weighted by Crippen LogP contribution is 2.50. The van der Waals surface area contributed by atoms with E-state index < -0.39 is 35.5 Å². The van der Waals surface area contributed by atoms with Crippen LogP contribution in [-0.4, -0.2) is 129 Å². The average Bonchev–Trinajstić information content (AvgIpc) is 4.00. The van der Waals surface area contributed by atoms with Crippen LogP contribution in [0, 0.1) is 5.82 Å². The van der Waals surface area contributed by atoms with Gasteiger partial charge in [-0.05, 0) is 74.6 Å². The SMILES string of the molecule is COc1cccc(Oc2ccc(-c3nn(C4CCC(N5CCN(C6CN(c7cc8c(c9c7OCO9)C(=O)N(C7CCC(=O)NC7=O)C8=O)C6)CC5)CC4)c4ncnc(N)c34)cc2)c1F. The van der Waals surface area contributed by atoms with Crippen LogP contribution in [0.4, 0.5) is 15.9 Å². The summed E-state index contributed by atoms with van der Waals surface area (Å²) in [4.78, 5) is 68.8. The number of nitrogen functional groups attached to an aromatic ring is 1. The summed E-state index contributed by atoms with van der Waals surface area (Å²) in [5.74, 6) is -1.19. The van der Waals surface area contributed by atoms with E-state index in [0.717, 1.165) is 75.4 Å². The van der Waals surface area contributed by atoms with Crippen LogP contribution >= 0.6 is 0 Å². The van der Waals surface area contributed by atoms with Gasteiger partial charge in [-0.3, -0.25) is 39.2 Å². The highest BCUT2D eigenvalue weighted by atomic mass is 19.1. The summed E-state index contributed by atoms with van der Waals surface area (Å²) in [6.45, 7) is 5.19. The minimum absolute atomic E-state index is 0.0450. The van der Waals surface area contributed by atoms with Crippen LogP contribution in [0.2, 0.25) is 0 Å². The second-order valence-electron chi connectivity index (χ2n) is 17.1. The molecule has 4 fully saturated rings. The van der Waals surface area contributed by atoms with Crippen LogP contribution in [0.15, 0.2) is 54.9 Å². The van der Waals surface area contributed by atoms with Crippen molar-refractivity contribution in [2.24, 2.45) is 0 Å². The Morgan fingerprint density at radius 1 is 0.828 bits per heavy atom. The number of halogens is 1. The average molecular weight is 873 g/mol. The zero-order valence-corrected chi connectivity index (χ0v) is 35.0. The lowest BCUT2D eigenvalue weighted by molar-refractivity contribution is -0.136. The Kier molecular flexibility index (Phi) is 9.82. The number of imide groups is 2. The van der Waals surface area contributed by atoms with E-state index in [1.165, 1.54) is 19.5 Å². The summed E-state index contributed by atoms with van der Waals surface area (Å²) in [7, 11) is 1.41. The molecule has 6 aliphatic rings. The smallest absolute Gasteiger partial charge is 0.266 e. The fourth-order valence-electron chi connectivity index (χ4n) is 10.2. The van der Waals surface area contributed by atoms with Gasteiger partial charge in [-0.1, -0.05) is 6.07 Å². The minimum Gasteiger partial charge on any atom is -0.494 e. The van der Waals surface area contributed by atoms with E-state index in [1.807, 2.05) is 16.8 Å². The molecule has 7 heterocycles. The number of carbonyl (C=O) groups excluding carboxylic acids is 4. The van der Waals surface area contributed by atoms with Gasteiger partial charge in [-0.2, -0.15) is 9.49 Å². The van der Waals surface area contributed by atoms with Crippen LogP contribution in [0.25, 0.3) is 22.3 Å². The van der Waals surface area contributed by atoms with Gasteiger partial charge in [0.25, 0.3) is 11.8 Å². The maximum absolute atomic E-state index is 14.8. The van der Waals surface area contributed by atoms with Gasteiger partial charge >= 0.3 is 0 Å². The van der Waals surface area contributed by atoms with E-state index in [-0.39, 0.29) is 54.1 Å². The number of carbonyl (C=O) groups is 4. The molecule has 3 saturated heterocycles. The number of piperazine rings is 1. The molecule has 19 heteroatoms. The lowest BCUT2D eigenvalue weighted by Crippen LogP contribution is -2.64. The van der Waals surface area contributed by atoms with Crippen LogP contribution in [0.3, 0.4) is 0 Å². The number of aromatic nitrogens is 4. The summed E-state index contributed by atoms with van der Waals surface area (Å²) in [5.41, 5.74) is 9.63. The molecule has 3 N–H and O–H groups in total. The number of ether oxygens (including phenoxy) is 4. The number of nitrogens with one attached hydrogen (secondary N) is 1. The number of amides is 4. The summed E-state index contributed by atoms with van der Waals surface area (Å²) < 4.78 is 39.3. The van der Waals surface area contributed by atoms with Crippen molar-refractivity contribution >= 4 is 46.2 Å². The number of piperidine rings is 1. The molecule has 330 valence electrons. The Morgan fingerprint density at radius 2 is 1.53 bits per heavy atom. The van der Waals surface area contributed by atoms with E-state index in [0.29, 0.717) is 51.8 Å². The first kappa shape index (κ1) is 40.0. The summed E-state index contributed by atoms with van der Waals surface area (Å²) >= 11 is 0. The highest BCUT2D eigenvalue weighted by Gasteiger charge is 2.49. The molecule has 1 aliphatic carbocycles. The minimum atomic E-state index is -1.06. The van der Waals surface area contributed by atoms with E-state index >= 15 is 0 Å². The number of hydrogen-bond donors (Lipinski definition) is 2. The number of benzene rings is 3. The molecule has 0 bridgehead atoms. The molecule has 2 aromatic heterocycles. The van der Waals surface area contributed by atoms with E-state index in [4.69, 9.17) is 29.8 Å². The van der Waals surface area contributed by atoms with Crippen molar-refractivity contribution in [1.29, 1.82) is 0 Å². The Morgan fingerprint density at radius 3 is 2.27 bits per heavy atom. The van der Waals surface area contributed by atoms with Crippen molar-refractivity contribution < 1.29 is 42.5 Å². The number of nitrogens with two attached hydrogens (primary N) is 1. The van der Waals surface area contributed by atoms with Crippen molar-refractivity contribution in [3.8, 4) is 40.0 Å². The fourth-order valence-corrected chi connectivity index (χ4v) is 10.2. The molecule has 64 heavy (non-hydrogen) atoms. The maximum Gasteiger partial charge on any atom is 0.266 e. The van der Waals surface area contributed by atoms with Gasteiger partial charge in [-0.25, -0.2) is 14.6 Å². The quantitative estimate of drug-likeness (QED) is 0.200. The normalized spacial score (nSPS) is 22.8. The standard InChI is InChI=1S/C45H45FN10O8/c1-61-32-3-2-4-33(37(32)46)64-28-11-5-24(6-12-28)38-36-41(47)48-22-49-42(36)56(51-38)26-9-7-25(8-10-26)52-15-17-53(18-16-52)27-20-54(21-27)31-19-29-35(40-39(31)62-23-63-40)45(60)55(44(29)59)30-13-14-34(57)50-43(30)58/h2-6,11-12,19,22,25-27,30H,7-10,13-18,20-21,23H2,1H3,(H2,47,48,49)(H,50,57,58). The molecule has 5 aliphatic heterocycles. The third kappa shape index (κ3) is 6.63. The number of fused-ring (bicyclic) bond motifs is 4. The van der Waals surface area contributed by atoms with Crippen LogP contribution in [-0.2, 0) is 9.59 Å². The third-order valence-electron chi connectivity index (χ3n) is 13.6. The first-order chi connectivity index (χ1) is 31.1. The Balaban J connectivity index is 0.710. The monoisotopic (exact) mass is 872 g/mol. The second-order valence-corrected chi connectivity index (χ2v) is 17.1. The van der Waals surface area contributed by atoms with Gasteiger partial charge in [0.2, 0.25) is 24.4 Å². The van der Waals surface area contributed by atoms with Crippen molar-refractivity contribution in [3.05, 3.63) is 71.8 Å². The van der Waals surface area contributed by atoms with Crippen LogP contribution in [0.5, 0.6) is 28.7 Å². The van der Waals surface area contributed by atoms with Gasteiger partial charge in [0, 0.05) is 63.3 Å². The van der Waals surface area contributed by atoms with Crippen molar-refractivity contribution in [1.82, 2.24) is 39.8 Å². The molecule has 3 aromatic carbocycles.